The van der Waals surface area contributed by atoms with E-state index in [1.165, 1.54) is 5.56 Å². The molecule has 1 aliphatic rings. The molecule has 0 aromatic heterocycles. The first-order chi connectivity index (χ1) is 8.79. The third-order valence-electron chi connectivity index (χ3n) is 3.59. The lowest BCUT2D eigenvalue weighted by molar-refractivity contribution is 0.143. The van der Waals surface area contributed by atoms with E-state index in [1.54, 1.807) is 0 Å². The Labute approximate surface area is 122 Å². The standard InChI is InChI=1S/C15H24N2O.ClH/c1-3-14-5-4-6-15(11-14)18-10-9-17-8-7-16-12-13(17)2;/h4-6,11,13,16H,3,7-10,12H2,1-2H3;1H/t13-;/m1./s1. The van der Waals surface area contributed by atoms with Crippen LogP contribution < -0.4 is 10.1 Å². The van der Waals surface area contributed by atoms with Crippen molar-refractivity contribution in [3.8, 4) is 5.75 Å². The van der Waals surface area contributed by atoms with Crippen LogP contribution in [0.3, 0.4) is 0 Å². The molecule has 0 aliphatic carbocycles. The van der Waals surface area contributed by atoms with Crippen molar-refractivity contribution in [3.05, 3.63) is 29.8 Å². The van der Waals surface area contributed by atoms with E-state index >= 15 is 0 Å². The Kier molecular flexibility index (Phi) is 7.21. The molecule has 2 rings (SSSR count). The van der Waals surface area contributed by atoms with Gasteiger partial charge in [0, 0.05) is 32.2 Å². The fourth-order valence-electron chi connectivity index (χ4n) is 2.35. The minimum Gasteiger partial charge on any atom is -0.492 e. The van der Waals surface area contributed by atoms with Gasteiger partial charge in [-0.05, 0) is 31.0 Å². The number of piperazine rings is 1. The average Bonchev–Trinajstić information content (AvgIpc) is 2.41. The lowest BCUT2D eigenvalue weighted by Gasteiger charge is -2.33. The molecule has 0 spiro atoms. The lowest BCUT2D eigenvalue weighted by Crippen LogP contribution is -2.50. The highest BCUT2D eigenvalue weighted by atomic mass is 35.5. The topological polar surface area (TPSA) is 24.5 Å². The molecular formula is C15H25ClN2O. The highest BCUT2D eigenvalue weighted by Crippen LogP contribution is 2.13. The lowest BCUT2D eigenvalue weighted by atomic mass is 10.2. The Morgan fingerprint density at radius 2 is 2.26 bits per heavy atom. The molecule has 0 unspecified atom stereocenters. The highest BCUT2D eigenvalue weighted by Gasteiger charge is 2.16. The summed E-state index contributed by atoms with van der Waals surface area (Å²) in [6, 6.07) is 9.01. The zero-order chi connectivity index (χ0) is 12.8. The van der Waals surface area contributed by atoms with E-state index in [0.717, 1.165) is 45.0 Å². The van der Waals surface area contributed by atoms with Gasteiger partial charge < -0.3 is 10.1 Å². The molecule has 1 saturated heterocycles. The summed E-state index contributed by atoms with van der Waals surface area (Å²) < 4.78 is 5.84. The predicted octanol–water partition coefficient (Wildman–Crippen LogP) is 2.34. The molecule has 0 amide bonds. The van der Waals surface area contributed by atoms with E-state index in [-0.39, 0.29) is 12.4 Å². The molecule has 0 bridgehead atoms. The van der Waals surface area contributed by atoms with Crippen molar-refractivity contribution in [2.75, 3.05) is 32.8 Å². The molecule has 4 heteroatoms. The number of ether oxygens (including phenoxy) is 1. The molecule has 108 valence electrons. The van der Waals surface area contributed by atoms with Crippen molar-refractivity contribution >= 4 is 12.4 Å². The van der Waals surface area contributed by atoms with Gasteiger partial charge in [0.05, 0.1) is 0 Å². The van der Waals surface area contributed by atoms with Crippen LogP contribution in [0.5, 0.6) is 5.75 Å². The smallest absolute Gasteiger partial charge is 0.119 e. The summed E-state index contributed by atoms with van der Waals surface area (Å²) >= 11 is 0. The summed E-state index contributed by atoms with van der Waals surface area (Å²) in [7, 11) is 0. The first kappa shape index (κ1) is 16.3. The van der Waals surface area contributed by atoms with Crippen molar-refractivity contribution in [2.24, 2.45) is 0 Å². The van der Waals surface area contributed by atoms with E-state index in [0.29, 0.717) is 6.04 Å². The number of halogens is 1. The number of nitrogens with one attached hydrogen (secondary N) is 1. The maximum Gasteiger partial charge on any atom is 0.119 e. The molecule has 0 saturated carbocycles. The summed E-state index contributed by atoms with van der Waals surface area (Å²) in [6.45, 7) is 9.53. The van der Waals surface area contributed by atoms with Gasteiger partial charge in [0.15, 0.2) is 0 Å². The van der Waals surface area contributed by atoms with Crippen molar-refractivity contribution in [2.45, 2.75) is 26.3 Å². The Balaban J connectivity index is 0.00000180. The maximum atomic E-state index is 5.84. The third-order valence-corrected chi connectivity index (χ3v) is 3.59. The van der Waals surface area contributed by atoms with Gasteiger partial charge in [-0.3, -0.25) is 4.90 Å². The summed E-state index contributed by atoms with van der Waals surface area (Å²) in [5.41, 5.74) is 1.34. The van der Waals surface area contributed by atoms with Crippen molar-refractivity contribution in [3.63, 3.8) is 0 Å². The average molecular weight is 285 g/mol. The number of nitrogens with zero attached hydrogens (tertiary/aromatic N) is 1. The van der Waals surface area contributed by atoms with Crippen LogP contribution >= 0.6 is 12.4 Å². The summed E-state index contributed by atoms with van der Waals surface area (Å²) in [6.07, 6.45) is 1.06. The molecule has 1 aromatic carbocycles. The van der Waals surface area contributed by atoms with Gasteiger partial charge in [0.25, 0.3) is 0 Å². The van der Waals surface area contributed by atoms with Crippen molar-refractivity contribution in [1.29, 1.82) is 0 Å². The molecule has 0 radical (unpaired) electrons. The van der Waals surface area contributed by atoms with Gasteiger partial charge in [-0.25, -0.2) is 0 Å². The molecule has 1 aromatic rings. The van der Waals surface area contributed by atoms with Crippen LogP contribution in [0.25, 0.3) is 0 Å². The minimum absolute atomic E-state index is 0. The molecule has 1 fully saturated rings. The van der Waals surface area contributed by atoms with Crippen LogP contribution in [-0.4, -0.2) is 43.7 Å². The Morgan fingerprint density at radius 1 is 1.42 bits per heavy atom. The van der Waals surface area contributed by atoms with E-state index in [1.807, 2.05) is 6.07 Å². The second-order valence-corrected chi connectivity index (χ2v) is 4.94. The quantitative estimate of drug-likeness (QED) is 0.898. The van der Waals surface area contributed by atoms with E-state index in [9.17, 15) is 0 Å². The van der Waals surface area contributed by atoms with Gasteiger partial charge in [0.1, 0.15) is 12.4 Å². The fourth-order valence-corrected chi connectivity index (χ4v) is 2.35. The SMILES string of the molecule is CCc1cccc(OCCN2CCNC[C@H]2C)c1.Cl. The third kappa shape index (κ3) is 5.01. The Morgan fingerprint density at radius 3 is 3.00 bits per heavy atom. The van der Waals surface area contributed by atoms with Crippen LogP contribution in [0, 0.1) is 0 Å². The summed E-state index contributed by atoms with van der Waals surface area (Å²) in [5.74, 6) is 0.997. The molecule has 1 heterocycles. The van der Waals surface area contributed by atoms with Crippen LogP contribution in [0.1, 0.15) is 19.4 Å². The van der Waals surface area contributed by atoms with Gasteiger partial charge >= 0.3 is 0 Å². The number of hydrogen-bond acceptors (Lipinski definition) is 3. The zero-order valence-corrected chi connectivity index (χ0v) is 12.7. The first-order valence-electron chi connectivity index (χ1n) is 6.96. The van der Waals surface area contributed by atoms with Gasteiger partial charge in [0.2, 0.25) is 0 Å². The highest BCUT2D eigenvalue weighted by molar-refractivity contribution is 5.85. The van der Waals surface area contributed by atoms with Gasteiger partial charge in [-0.15, -0.1) is 12.4 Å². The van der Waals surface area contributed by atoms with E-state index in [4.69, 9.17) is 4.74 Å². The Bertz CT molecular complexity index is 373. The van der Waals surface area contributed by atoms with Crippen molar-refractivity contribution in [1.82, 2.24) is 10.2 Å². The largest absolute Gasteiger partial charge is 0.492 e. The first-order valence-corrected chi connectivity index (χ1v) is 6.96. The second kappa shape index (κ2) is 8.41. The predicted molar refractivity (Wildman–Crippen MR) is 82.5 cm³/mol. The van der Waals surface area contributed by atoms with Crippen LogP contribution in [0.4, 0.5) is 0 Å². The number of hydrogen-bond donors (Lipinski definition) is 1. The Hall–Kier alpha value is -0.770. The van der Waals surface area contributed by atoms with Crippen molar-refractivity contribution < 1.29 is 4.74 Å². The molecular weight excluding hydrogens is 260 g/mol. The summed E-state index contributed by atoms with van der Waals surface area (Å²) in [5, 5.41) is 3.41. The van der Waals surface area contributed by atoms with Crippen LogP contribution in [0.2, 0.25) is 0 Å². The van der Waals surface area contributed by atoms with E-state index in [2.05, 4.69) is 42.3 Å². The summed E-state index contributed by atoms with van der Waals surface area (Å²) in [4.78, 5) is 2.49. The number of rotatable bonds is 5. The molecule has 1 aliphatic heterocycles. The van der Waals surface area contributed by atoms with Crippen LogP contribution in [0.15, 0.2) is 24.3 Å². The second-order valence-electron chi connectivity index (χ2n) is 4.94. The maximum absolute atomic E-state index is 5.84. The number of benzene rings is 1. The zero-order valence-electron chi connectivity index (χ0n) is 11.9. The minimum atomic E-state index is 0. The monoisotopic (exact) mass is 284 g/mol. The molecule has 19 heavy (non-hydrogen) atoms. The van der Waals surface area contributed by atoms with Crippen LogP contribution in [-0.2, 0) is 6.42 Å². The molecule has 1 N–H and O–H groups in total. The molecule has 3 nitrogen and oxygen atoms in total. The van der Waals surface area contributed by atoms with E-state index < -0.39 is 0 Å². The number of aryl methyl sites for hydroxylation is 1. The fraction of sp³-hybridized carbons (Fsp3) is 0.600. The van der Waals surface area contributed by atoms with Gasteiger partial charge in [-0.1, -0.05) is 19.1 Å². The van der Waals surface area contributed by atoms with Gasteiger partial charge in [-0.2, -0.15) is 0 Å². The molecule has 1 atom stereocenters. The normalized spacial score (nSPS) is 19.8.